The van der Waals surface area contributed by atoms with E-state index in [0.717, 1.165) is 19.5 Å². The van der Waals surface area contributed by atoms with E-state index in [-0.39, 0.29) is 18.0 Å². The first-order valence-corrected chi connectivity index (χ1v) is 7.33. The fourth-order valence-corrected chi connectivity index (χ4v) is 2.60. The highest BCUT2D eigenvalue weighted by atomic mass is 16.4. The van der Waals surface area contributed by atoms with Crippen LogP contribution < -0.4 is 10.6 Å². The first kappa shape index (κ1) is 16.8. The number of carboxylic acid groups (broad SMARTS) is 1. The van der Waals surface area contributed by atoms with Gasteiger partial charge in [-0.15, -0.1) is 0 Å². The second kappa shape index (κ2) is 7.47. The number of nitrogens with one attached hydrogen (secondary N) is 2. The van der Waals surface area contributed by atoms with Crippen molar-refractivity contribution in [3.05, 3.63) is 0 Å². The van der Waals surface area contributed by atoms with E-state index < -0.39 is 12.0 Å². The second-order valence-electron chi connectivity index (χ2n) is 5.95. The van der Waals surface area contributed by atoms with Crippen molar-refractivity contribution in [3.8, 4) is 0 Å². The van der Waals surface area contributed by atoms with Crippen LogP contribution in [0, 0.1) is 11.8 Å². The number of carboxylic acids is 1. The third-order valence-electron chi connectivity index (χ3n) is 4.19. The molecule has 0 aliphatic carbocycles. The van der Waals surface area contributed by atoms with E-state index in [0.29, 0.717) is 12.3 Å². The molecule has 1 saturated heterocycles. The zero-order valence-electron chi connectivity index (χ0n) is 12.8. The van der Waals surface area contributed by atoms with Gasteiger partial charge in [-0.05, 0) is 31.8 Å². The predicted octanol–water partition coefficient (Wildman–Crippen LogP) is 1.13. The number of hydrogen-bond donors (Lipinski definition) is 3. The largest absolute Gasteiger partial charge is 0.480 e. The number of rotatable bonds is 5. The van der Waals surface area contributed by atoms with E-state index in [2.05, 4.69) is 29.5 Å². The Balaban J connectivity index is 2.51. The lowest BCUT2D eigenvalue weighted by Gasteiger charge is -2.35. The van der Waals surface area contributed by atoms with E-state index in [1.54, 1.807) is 0 Å². The highest BCUT2D eigenvalue weighted by molar-refractivity contribution is 5.82. The summed E-state index contributed by atoms with van der Waals surface area (Å²) >= 11 is 0. The van der Waals surface area contributed by atoms with E-state index >= 15 is 0 Å². The molecule has 0 aromatic carbocycles. The van der Waals surface area contributed by atoms with Crippen LogP contribution in [-0.2, 0) is 4.79 Å². The van der Waals surface area contributed by atoms with Gasteiger partial charge in [0.1, 0.15) is 6.04 Å². The molecule has 0 bridgehead atoms. The molecule has 6 nitrogen and oxygen atoms in total. The third kappa shape index (κ3) is 4.67. The van der Waals surface area contributed by atoms with Crippen molar-refractivity contribution >= 4 is 12.0 Å². The molecule has 0 aromatic rings. The lowest BCUT2D eigenvalue weighted by atomic mass is 9.94. The third-order valence-corrected chi connectivity index (χ3v) is 4.19. The van der Waals surface area contributed by atoms with Gasteiger partial charge in [0.15, 0.2) is 0 Å². The van der Waals surface area contributed by atoms with Gasteiger partial charge in [-0.2, -0.15) is 0 Å². The van der Waals surface area contributed by atoms with Crippen molar-refractivity contribution in [2.45, 2.75) is 45.7 Å². The van der Waals surface area contributed by atoms with Crippen LogP contribution in [0.4, 0.5) is 4.79 Å². The maximum Gasteiger partial charge on any atom is 0.326 e. The van der Waals surface area contributed by atoms with E-state index in [1.165, 1.54) is 0 Å². The average molecular weight is 285 g/mol. The van der Waals surface area contributed by atoms with Gasteiger partial charge < -0.3 is 20.6 Å². The smallest absolute Gasteiger partial charge is 0.326 e. The minimum absolute atomic E-state index is 0.0897. The van der Waals surface area contributed by atoms with Gasteiger partial charge in [0.05, 0.1) is 0 Å². The van der Waals surface area contributed by atoms with Gasteiger partial charge in [-0.3, -0.25) is 0 Å². The predicted molar refractivity (Wildman–Crippen MR) is 77.6 cm³/mol. The summed E-state index contributed by atoms with van der Waals surface area (Å²) in [5.41, 5.74) is 0. The van der Waals surface area contributed by atoms with E-state index in [4.69, 9.17) is 5.11 Å². The lowest BCUT2D eigenvalue weighted by Crippen LogP contribution is -2.55. The fraction of sp³-hybridized carbons (Fsp3) is 0.857. The van der Waals surface area contributed by atoms with Crippen LogP contribution in [0.3, 0.4) is 0 Å². The Hall–Kier alpha value is -1.30. The summed E-state index contributed by atoms with van der Waals surface area (Å²) in [7, 11) is 2.07. The molecule has 4 atom stereocenters. The molecule has 0 aromatic heterocycles. The second-order valence-corrected chi connectivity index (χ2v) is 5.95. The minimum atomic E-state index is -0.981. The standard InChI is InChI=1S/C14H27N3O3/c1-5-9(2)12(13(18)19)16-14(20)15-11-6-7-17(4)8-10(11)3/h9-12H,5-8H2,1-4H3,(H,18,19)(H2,15,16,20)/t9-,10?,11?,12-/m0/s1. The maximum absolute atomic E-state index is 12.0. The van der Waals surface area contributed by atoms with Gasteiger partial charge in [-0.1, -0.05) is 27.2 Å². The summed E-state index contributed by atoms with van der Waals surface area (Å²) < 4.78 is 0. The molecular formula is C14H27N3O3. The normalized spacial score (nSPS) is 26.6. The first-order chi connectivity index (χ1) is 9.35. The summed E-state index contributed by atoms with van der Waals surface area (Å²) in [4.78, 5) is 25.4. The Labute approximate surface area is 120 Å². The van der Waals surface area contributed by atoms with Gasteiger partial charge in [0.2, 0.25) is 0 Å². The molecule has 6 heteroatoms. The van der Waals surface area contributed by atoms with Gasteiger partial charge >= 0.3 is 12.0 Å². The summed E-state index contributed by atoms with van der Waals surface area (Å²) in [5.74, 6) is -0.703. The number of piperidine rings is 1. The number of nitrogens with zero attached hydrogens (tertiary/aromatic N) is 1. The SMILES string of the molecule is CC[C@H](C)[C@H](NC(=O)NC1CCN(C)CC1C)C(=O)O. The number of amides is 2. The Morgan fingerprint density at radius 1 is 1.45 bits per heavy atom. The molecule has 2 amide bonds. The van der Waals surface area contributed by atoms with Crippen molar-refractivity contribution in [1.29, 1.82) is 0 Å². The monoisotopic (exact) mass is 285 g/mol. The van der Waals surface area contributed by atoms with Crippen LogP contribution in [0.2, 0.25) is 0 Å². The maximum atomic E-state index is 12.0. The van der Waals surface area contributed by atoms with Gasteiger partial charge in [-0.25, -0.2) is 9.59 Å². The lowest BCUT2D eigenvalue weighted by molar-refractivity contribution is -0.140. The van der Waals surface area contributed by atoms with Gasteiger partial charge in [0.25, 0.3) is 0 Å². The quantitative estimate of drug-likeness (QED) is 0.707. The molecule has 1 heterocycles. The molecule has 0 saturated carbocycles. The number of aliphatic carboxylic acids is 1. The molecule has 1 fully saturated rings. The molecule has 20 heavy (non-hydrogen) atoms. The van der Waals surface area contributed by atoms with Gasteiger partial charge in [0, 0.05) is 12.6 Å². The topological polar surface area (TPSA) is 81.7 Å². The molecule has 116 valence electrons. The van der Waals surface area contributed by atoms with E-state index in [9.17, 15) is 9.59 Å². The van der Waals surface area contributed by atoms with Crippen LogP contribution in [0.15, 0.2) is 0 Å². The average Bonchev–Trinajstić information content (AvgIpc) is 2.38. The Kier molecular flexibility index (Phi) is 6.26. The number of urea groups is 1. The minimum Gasteiger partial charge on any atom is -0.480 e. The van der Waals surface area contributed by atoms with Crippen LogP contribution >= 0.6 is 0 Å². The Bertz CT molecular complexity index is 349. The number of likely N-dealkylation sites (tertiary alicyclic amines) is 1. The molecular weight excluding hydrogens is 258 g/mol. The molecule has 0 spiro atoms. The highest BCUT2D eigenvalue weighted by Crippen LogP contribution is 2.15. The van der Waals surface area contributed by atoms with Crippen LogP contribution in [0.1, 0.15) is 33.6 Å². The molecule has 3 N–H and O–H groups in total. The van der Waals surface area contributed by atoms with Crippen LogP contribution in [0.5, 0.6) is 0 Å². The summed E-state index contributed by atoms with van der Waals surface area (Å²) in [5, 5.41) is 14.7. The number of carbonyl (C=O) groups excluding carboxylic acids is 1. The fourth-order valence-electron chi connectivity index (χ4n) is 2.60. The summed E-state index contributed by atoms with van der Waals surface area (Å²) in [6.07, 6.45) is 1.61. The van der Waals surface area contributed by atoms with Crippen molar-refractivity contribution in [3.63, 3.8) is 0 Å². The summed E-state index contributed by atoms with van der Waals surface area (Å²) in [6.45, 7) is 7.74. The van der Waals surface area contributed by atoms with Crippen molar-refractivity contribution < 1.29 is 14.7 Å². The highest BCUT2D eigenvalue weighted by Gasteiger charge is 2.29. The van der Waals surface area contributed by atoms with Crippen LogP contribution in [0.25, 0.3) is 0 Å². The molecule has 1 aliphatic rings. The molecule has 0 radical (unpaired) electrons. The molecule has 2 unspecified atom stereocenters. The Morgan fingerprint density at radius 2 is 2.10 bits per heavy atom. The molecule has 1 aliphatic heterocycles. The zero-order chi connectivity index (χ0) is 15.3. The summed E-state index contributed by atoms with van der Waals surface area (Å²) in [6, 6.07) is -1.10. The first-order valence-electron chi connectivity index (χ1n) is 7.33. The number of hydrogen-bond acceptors (Lipinski definition) is 3. The van der Waals surface area contributed by atoms with Crippen molar-refractivity contribution in [2.24, 2.45) is 11.8 Å². The van der Waals surface area contributed by atoms with Crippen molar-refractivity contribution in [1.82, 2.24) is 15.5 Å². The number of carbonyl (C=O) groups is 2. The Morgan fingerprint density at radius 3 is 2.60 bits per heavy atom. The van der Waals surface area contributed by atoms with Crippen LogP contribution in [-0.4, -0.2) is 54.2 Å². The molecule has 1 rings (SSSR count). The van der Waals surface area contributed by atoms with Crippen molar-refractivity contribution in [2.75, 3.05) is 20.1 Å². The van der Waals surface area contributed by atoms with E-state index in [1.807, 2.05) is 13.8 Å². The zero-order valence-corrected chi connectivity index (χ0v) is 12.8.